The number of esters is 1. The molecule has 0 aliphatic heterocycles. The van der Waals surface area contributed by atoms with E-state index in [4.69, 9.17) is 4.74 Å². The maximum absolute atomic E-state index is 12.0. The third-order valence-electron chi connectivity index (χ3n) is 7.24. The Balaban J connectivity index is 3.80. The molecule has 2 nitrogen and oxygen atoms in total. The Labute approximate surface area is 273 Å². The zero-order valence-electron chi connectivity index (χ0n) is 29.4. The lowest BCUT2D eigenvalue weighted by Gasteiger charge is -2.04. The highest BCUT2D eigenvalue weighted by Gasteiger charge is 2.01. The summed E-state index contributed by atoms with van der Waals surface area (Å²) in [5.74, 6) is -0.0798. The van der Waals surface area contributed by atoms with E-state index in [9.17, 15) is 4.79 Å². The van der Waals surface area contributed by atoms with E-state index in [0.29, 0.717) is 13.0 Å². The monoisotopic (exact) mass is 603 g/mol. The van der Waals surface area contributed by atoms with Gasteiger partial charge >= 0.3 is 5.97 Å². The number of hydrogen-bond donors (Lipinski definition) is 0. The lowest BCUT2D eigenvalue weighted by Crippen LogP contribution is -2.04. The molecule has 0 unspecified atom stereocenters. The number of allylic oxidation sites excluding steroid dienone is 17. The van der Waals surface area contributed by atoms with Crippen molar-refractivity contribution in [2.75, 3.05) is 6.61 Å². The maximum Gasteiger partial charge on any atom is 0.306 e. The summed E-state index contributed by atoms with van der Waals surface area (Å²) < 4.78 is 5.42. The average molecular weight is 603 g/mol. The molecule has 0 amide bonds. The van der Waals surface area contributed by atoms with Crippen LogP contribution in [0.15, 0.2) is 107 Å². The van der Waals surface area contributed by atoms with Gasteiger partial charge in [-0.1, -0.05) is 115 Å². The van der Waals surface area contributed by atoms with E-state index in [2.05, 4.69) is 127 Å². The van der Waals surface area contributed by atoms with Crippen LogP contribution in [0, 0.1) is 0 Å². The molecule has 0 aliphatic carbocycles. The van der Waals surface area contributed by atoms with Crippen molar-refractivity contribution in [2.24, 2.45) is 0 Å². The van der Waals surface area contributed by atoms with Gasteiger partial charge in [0.25, 0.3) is 0 Å². The summed E-state index contributed by atoms with van der Waals surface area (Å²) in [6.45, 7) is 13.5. The first-order chi connectivity index (χ1) is 21.3. The van der Waals surface area contributed by atoms with Gasteiger partial charge in [-0.05, 0) is 131 Å². The molecule has 44 heavy (non-hydrogen) atoms. The average Bonchev–Trinajstić information content (AvgIpc) is 2.98. The van der Waals surface area contributed by atoms with Crippen molar-refractivity contribution in [3.8, 4) is 0 Å². The van der Waals surface area contributed by atoms with Gasteiger partial charge in [0.15, 0.2) is 0 Å². The quantitative estimate of drug-likeness (QED) is 0.0559. The van der Waals surface area contributed by atoms with E-state index in [0.717, 1.165) is 96.3 Å². The van der Waals surface area contributed by atoms with Gasteiger partial charge in [0, 0.05) is 6.42 Å². The second kappa shape index (κ2) is 31.6. The number of rotatable bonds is 26. The van der Waals surface area contributed by atoms with E-state index < -0.39 is 0 Å². The molecular formula is C42H66O2. The molecule has 0 saturated heterocycles. The molecule has 0 fully saturated rings. The van der Waals surface area contributed by atoms with Crippen molar-refractivity contribution >= 4 is 5.97 Å². The minimum Gasteiger partial charge on any atom is -0.461 e. The summed E-state index contributed by atoms with van der Waals surface area (Å²) in [6, 6.07) is 0. The van der Waals surface area contributed by atoms with Crippen LogP contribution in [-0.2, 0) is 9.53 Å². The predicted octanol–water partition coefficient (Wildman–Crippen LogP) is 13.4. The van der Waals surface area contributed by atoms with Crippen LogP contribution >= 0.6 is 0 Å². The highest BCUT2D eigenvalue weighted by atomic mass is 16.5. The Morgan fingerprint density at radius 1 is 0.477 bits per heavy atom. The van der Waals surface area contributed by atoms with Crippen molar-refractivity contribution < 1.29 is 9.53 Å². The molecule has 0 aromatic heterocycles. The van der Waals surface area contributed by atoms with Gasteiger partial charge in [0.05, 0.1) is 0 Å². The molecule has 0 aliphatic rings. The summed E-state index contributed by atoms with van der Waals surface area (Å²) in [6.07, 6.45) is 47.8. The number of ether oxygens (including phenoxy) is 1. The number of unbranched alkanes of at least 4 members (excludes halogenated alkanes) is 3. The molecule has 0 N–H and O–H groups in total. The fourth-order valence-electron chi connectivity index (χ4n) is 4.41. The third kappa shape index (κ3) is 32.1. The van der Waals surface area contributed by atoms with Crippen LogP contribution in [0.4, 0.5) is 0 Å². The molecular weight excluding hydrogens is 536 g/mol. The van der Waals surface area contributed by atoms with Crippen LogP contribution in [0.5, 0.6) is 0 Å². The van der Waals surface area contributed by atoms with Crippen LogP contribution in [0.2, 0.25) is 0 Å². The van der Waals surface area contributed by atoms with Crippen LogP contribution < -0.4 is 0 Å². The van der Waals surface area contributed by atoms with Crippen LogP contribution in [-0.4, -0.2) is 12.6 Å². The standard InChI is InChI=1S/C42H66O2/c1-7-8-9-10-11-12-13-14-15-16-17-18-19-20-21-22-23-24-25-35-42(43)44-37-36-41(6)34-28-33-40(5)32-27-31-39(4)30-26-29-38(2)3/h8-9,11-12,14-15,17-18,20-21,29,31,33,36H,7,10,13,16,19,22-28,30,32,34-35,37H2,1-6H3/b9-8-,12-11-,15-14-,18-17-,21-20-,39-31+,40-33+,41-36+. The smallest absolute Gasteiger partial charge is 0.306 e. The Morgan fingerprint density at radius 2 is 0.932 bits per heavy atom. The van der Waals surface area contributed by atoms with Gasteiger partial charge in [-0.2, -0.15) is 0 Å². The van der Waals surface area contributed by atoms with Gasteiger partial charge in [0.1, 0.15) is 6.61 Å². The zero-order chi connectivity index (χ0) is 32.5. The van der Waals surface area contributed by atoms with Crippen molar-refractivity contribution in [1.29, 1.82) is 0 Å². The van der Waals surface area contributed by atoms with Gasteiger partial charge in [-0.15, -0.1) is 0 Å². The van der Waals surface area contributed by atoms with Crippen LogP contribution in [0.3, 0.4) is 0 Å². The first kappa shape index (κ1) is 41.1. The maximum atomic E-state index is 12.0. The number of carbonyl (C=O) groups is 1. The lowest BCUT2D eigenvalue weighted by atomic mass is 10.0. The zero-order valence-corrected chi connectivity index (χ0v) is 29.4. The van der Waals surface area contributed by atoms with Gasteiger partial charge in [-0.25, -0.2) is 0 Å². The van der Waals surface area contributed by atoms with Crippen molar-refractivity contribution in [3.05, 3.63) is 107 Å². The normalized spacial score (nSPS) is 13.5. The van der Waals surface area contributed by atoms with Gasteiger partial charge in [0.2, 0.25) is 0 Å². The minimum absolute atomic E-state index is 0.0798. The number of hydrogen-bond acceptors (Lipinski definition) is 2. The summed E-state index contributed by atoms with van der Waals surface area (Å²) in [5.41, 5.74) is 5.64. The molecule has 0 saturated carbocycles. The Kier molecular flexibility index (Phi) is 29.5. The van der Waals surface area contributed by atoms with E-state index >= 15 is 0 Å². The molecule has 0 aromatic carbocycles. The van der Waals surface area contributed by atoms with Crippen molar-refractivity contribution in [3.63, 3.8) is 0 Å². The second-order valence-corrected chi connectivity index (χ2v) is 12.0. The molecule has 0 spiro atoms. The van der Waals surface area contributed by atoms with E-state index in [1.54, 1.807) is 0 Å². The molecule has 0 rings (SSSR count). The van der Waals surface area contributed by atoms with Crippen molar-refractivity contribution in [1.82, 2.24) is 0 Å². The van der Waals surface area contributed by atoms with Crippen LogP contribution in [0.1, 0.15) is 144 Å². The molecule has 0 bridgehead atoms. The topological polar surface area (TPSA) is 26.3 Å². The van der Waals surface area contributed by atoms with Gasteiger partial charge < -0.3 is 4.74 Å². The van der Waals surface area contributed by atoms with E-state index in [1.165, 1.54) is 22.3 Å². The largest absolute Gasteiger partial charge is 0.461 e. The number of carbonyl (C=O) groups excluding carboxylic acids is 1. The SMILES string of the molecule is CC/C=C\C/C=C\C/C=C\C/C=C\C/C=C\CCCCCC(=O)OC/C=C(\C)CC/C=C(\C)CC/C=C(\C)CCC=C(C)C. The van der Waals surface area contributed by atoms with Crippen molar-refractivity contribution in [2.45, 2.75) is 144 Å². The molecule has 0 aromatic rings. The summed E-state index contributed by atoms with van der Waals surface area (Å²) in [7, 11) is 0. The highest BCUT2D eigenvalue weighted by Crippen LogP contribution is 2.14. The Morgan fingerprint density at radius 3 is 1.43 bits per heavy atom. The van der Waals surface area contributed by atoms with E-state index in [-0.39, 0.29) is 5.97 Å². The fraction of sp³-hybridized carbons (Fsp3) is 0.548. The minimum atomic E-state index is -0.0798. The summed E-state index contributed by atoms with van der Waals surface area (Å²) in [5, 5.41) is 0. The molecule has 0 heterocycles. The van der Waals surface area contributed by atoms with E-state index in [1.807, 2.05) is 0 Å². The third-order valence-corrected chi connectivity index (χ3v) is 7.24. The lowest BCUT2D eigenvalue weighted by molar-refractivity contribution is -0.142. The first-order valence-electron chi connectivity index (χ1n) is 17.4. The highest BCUT2D eigenvalue weighted by molar-refractivity contribution is 5.69. The predicted molar refractivity (Wildman–Crippen MR) is 197 cm³/mol. The molecule has 2 heteroatoms. The fourth-order valence-corrected chi connectivity index (χ4v) is 4.41. The molecule has 246 valence electrons. The van der Waals surface area contributed by atoms with Crippen LogP contribution in [0.25, 0.3) is 0 Å². The summed E-state index contributed by atoms with van der Waals surface area (Å²) in [4.78, 5) is 12.0. The second-order valence-electron chi connectivity index (χ2n) is 12.0. The van der Waals surface area contributed by atoms with Gasteiger partial charge in [-0.3, -0.25) is 4.79 Å². The Hall–Kier alpha value is -2.87. The summed E-state index contributed by atoms with van der Waals surface area (Å²) >= 11 is 0. The molecule has 0 atom stereocenters. The molecule has 0 radical (unpaired) electrons. The first-order valence-corrected chi connectivity index (χ1v) is 17.4. The Bertz CT molecular complexity index is 987.